The molecular weight excluding hydrogens is 308 g/mol. The SMILES string of the molecule is CCC(=O)C12CCC3(CC1)[C@@H]1CCC4=CC(=O)CC[C@@H]4[C@H]1CC[C@]23C. The molecule has 4 fully saturated rings. The standard InChI is InChI=1S/C23H32O2/c1-3-20(25)23-12-10-22(11-13-23)19-7-4-15-14-16(24)5-6-17(15)18(19)8-9-21(22,23)2/h14,17-19H,3-13H2,1-2H3/t17-,18+,19+,21-,22?,23?/m0/s1. The Kier molecular flexibility index (Phi) is 3.30. The first kappa shape index (κ1) is 16.3. The minimum atomic E-state index is 0.00532. The second-order valence-corrected chi connectivity index (χ2v) is 10.0. The first-order valence-corrected chi connectivity index (χ1v) is 10.7. The number of carbonyl (C=O) groups is 2. The third-order valence-electron chi connectivity index (χ3n) is 10.00. The molecule has 0 spiro atoms. The number of hydrogen-bond donors (Lipinski definition) is 0. The highest BCUT2D eigenvalue weighted by atomic mass is 16.1. The predicted octanol–water partition coefficient (Wildman–Crippen LogP) is 5.26. The Hall–Kier alpha value is -0.920. The van der Waals surface area contributed by atoms with Crippen molar-refractivity contribution < 1.29 is 9.59 Å². The number of allylic oxidation sites excluding steroid dienone is 1. The van der Waals surface area contributed by atoms with Gasteiger partial charge in [0.1, 0.15) is 5.78 Å². The average Bonchev–Trinajstić information content (AvgIpc) is 3.05. The summed E-state index contributed by atoms with van der Waals surface area (Å²) in [5.41, 5.74) is 2.16. The minimum absolute atomic E-state index is 0.00532. The van der Waals surface area contributed by atoms with Gasteiger partial charge in [0, 0.05) is 18.3 Å². The van der Waals surface area contributed by atoms with Crippen LogP contribution >= 0.6 is 0 Å². The lowest BCUT2D eigenvalue weighted by atomic mass is 9.45. The van der Waals surface area contributed by atoms with Gasteiger partial charge in [-0.1, -0.05) is 19.4 Å². The molecule has 0 saturated heterocycles. The van der Waals surface area contributed by atoms with E-state index in [0.29, 0.717) is 22.9 Å². The first-order chi connectivity index (χ1) is 12.0. The summed E-state index contributed by atoms with van der Waals surface area (Å²) in [4.78, 5) is 24.9. The van der Waals surface area contributed by atoms with Gasteiger partial charge in [0.25, 0.3) is 0 Å². The molecule has 0 amide bonds. The molecule has 25 heavy (non-hydrogen) atoms. The van der Waals surface area contributed by atoms with Crippen LogP contribution in [0.25, 0.3) is 0 Å². The lowest BCUT2D eigenvalue weighted by Gasteiger charge is -2.59. The van der Waals surface area contributed by atoms with Crippen molar-refractivity contribution in [3.8, 4) is 0 Å². The zero-order valence-electron chi connectivity index (χ0n) is 15.9. The molecule has 0 aromatic rings. The molecule has 0 aliphatic heterocycles. The third kappa shape index (κ3) is 1.73. The van der Waals surface area contributed by atoms with Gasteiger partial charge < -0.3 is 0 Å². The van der Waals surface area contributed by atoms with E-state index in [9.17, 15) is 9.59 Å². The van der Waals surface area contributed by atoms with E-state index < -0.39 is 0 Å². The van der Waals surface area contributed by atoms with Crippen LogP contribution < -0.4 is 0 Å². The van der Waals surface area contributed by atoms with Gasteiger partial charge in [0.05, 0.1) is 0 Å². The van der Waals surface area contributed by atoms with Crippen LogP contribution in [0, 0.1) is 34.0 Å². The van der Waals surface area contributed by atoms with Gasteiger partial charge in [0.15, 0.2) is 5.78 Å². The fraction of sp³-hybridized carbons (Fsp3) is 0.826. The molecule has 5 rings (SSSR count). The van der Waals surface area contributed by atoms with Gasteiger partial charge in [-0.25, -0.2) is 0 Å². The Morgan fingerprint density at radius 3 is 2.56 bits per heavy atom. The molecule has 2 bridgehead atoms. The van der Waals surface area contributed by atoms with E-state index in [0.717, 1.165) is 50.4 Å². The molecule has 0 radical (unpaired) electrons. The Balaban J connectivity index is 1.54. The number of fused-ring (bicyclic) bond motifs is 3. The molecular formula is C23H32O2. The van der Waals surface area contributed by atoms with Gasteiger partial charge >= 0.3 is 0 Å². The summed E-state index contributed by atoms with van der Waals surface area (Å²) < 4.78 is 0. The van der Waals surface area contributed by atoms with Crippen molar-refractivity contribution in [1.29, 1.82) is 0 Å². The largest absolute Gasteiger partial charge is 0.299 e. The number of Topliss-reactive ketones (excluding diaryl/α,β-unsaturated/α-hetero) is 1. The molecule has 4 saturated carbocycles. The highest BCUT2D eigenvalue weighted by Crippen LogP contribution is 2.81. The van der Waals surface area contributed by atoms with Crippen LogP contribution in [0.5, 0.6) is 0 Å². The summed E-state index contributed by atoms with van der Waals surface area (Å²) in [6, 6.07) is 0. The third-order valence-corrected chi connectivity index (χ3v) is 10.00. The zero-order valence-corrected chi connectivity index (χ0v) is 15.9. The average molecular weight is 341 g/mol. The minimum Gasteiger partial charge on any atom is -0.299 e. The summed E-state index contributed by atoms with van der Waals surface area (Å²) in [5, 5.41) is 0. The molecule has 0 aromatic heterocycles. The van der Waals surface area contributed by atoms with Crippen LogP contribution in [0.1, 0.15) is 84.5 Å². The van der Waals surface area contributed by atoms with Crippen LogP contribution in [0.4, 0.5) is 0 Å². The molecule has 0 unspecified atom stereocenters. The number of ketones is 2. The number of rotatable bonds is 2. The van der Waals surface area contributed by atoms with E-state index in [-0.39, 0.29) is 10.8 Å². The smallest absolute Gasteiger partial charge is 0.155 e. The summed E-state index contributed by atoms with van der Waals surface area (Å²) in [6.45, 7) is 4.58. The maximum absolute atomic E-state index is 13.0. The van der Waals surface area contributed by atoms with Crippen molar-refractivity contribution in [2.45, 2.75) is 84.5 Å². The molecule has 5 aliphatic rings. The van der Waals surface area contributed by atoms with E-state index in [1.807, 2.05) is 6.08 Å². The van der Waals surface area contributed by atoms with Gasteiger partial charge in [-0.15, -0.1) is 0 Å². The van der Waals surface area contributed by atoms with Crippen LogP contribution in [0.15, 0.2) is 11.6 Å². The van der Waals surface area contributed by atoms with Crippen molar-refractivity contribution in [3.63, 3.8) is 0 Å². The first-order valence-electron chi connectivity index (χ1n) is 10.7. The van der Waals surface area contributed by atoms with Gasteiger partial charge in [0.2, 0.25) is 0 Å². The lowest BCUT2D eigenvalue weighted by molar-refractivity contribution is -0.141. The predicted molar refractivity (Wildman–Crippen MR) is 98.0 cm³/mol. The molecule has 2 heteroatoms. The van der Waals surface area contributed by atoms with Crippen LogP contribution in [0.2, 0.25) is 0 Å². The molecule has 136 valence electrons. The van der Waals surface area contributed by atoms with Crippen LogP contribution in [-0.4, -0.2) is 11.6 Å². The molecule has 2 nitrogen and oxygen atoms in total. The zero-order chi connectivity index (χ0) is 17.4. The fourth-order valence-electron chi connectivity index (χ4n) is 8.87. The maximum atomic E-state index is 13.0. The lowest BCUT2D eigenvalue weighted by Crippen LogP contribution is -2.53. The van der Waals surface area contributed by atoms with Gasteiger partial charge in [-0.2, -0.15) is 0 Å². The summed E-state index contributed by atoms with van der Waals surface area (Å²) in [7, 11) is 0. The topological polar surface area (TPSA) is 34.1 Å². The second-order valence-electron chi connectivity index (χ2n) is 10.0. The summed E-state index contributed by atoms with van der Waals surface area (Å²) in [5.74, 6) is 3.18. The molecule has 0 N–H and O–H groups in total. The van der Waals surface area contributed by atoms with E-state index in [2.05, 4.69) is 13.8 Å². The normalized spacial score (nSPS) is 50.7. The van der Waals surface area contributed by atoms with E-state index >= 15 is 0 Å². The fourth-order valence-corrected chi connectivity index (χ4v) is 8.87. The van der Waals surface area contributed by atoms with E-state index in [1.54, 1.807) is 0 Å². The van der Waals surface area contributed by atoms with Gasteiger partial charge in [-0.05, 0) is 92.4 Å². The Bertz CT molecular complexity index is 664. The molecule has 0 aromatic carbocycles. The van der Waals surface area contributed by atoms with E-state index in [4.69, 9.17) is 0 Å². The molecule has 5 aliphatic carbocycles. The van der Waals surface area contributed by atoms with E-state index in [1.165, 1.54) is 37.7 Å². The maximum Gasteiger partial charge on any atom is 0.155 e. The van der Waals surface area contributed by atoms with Gasteiger partial charge in [-0.3, -0.25) is 9.59 Å². The van der Waals surface area contributed by atoms with Crippen molar-refractivity contribution in [3.05, 3.63) is 11.6 Å². The highest BCUT2D eigenvalue weighted by molar-refractivity contribution is 5.91. The summed E-state index contributed by atoms with van der Waals surface area (Å²) in [6.07, 6.45) is 14.4. The van der Waals surface area contributed by atoms with Crippen LogP contribution in [0.3, 0.4) is 0 Å². The molecule has 0 heterocycles. The van der Waals surface area contributed by atoms with Crippen molar-refractivity contribution >= 4 is 11.6 Å². The Morgan fingerprint density at radius 1 is 1.08 bits per heavy atom. The number of carbonyl (C=O) groups excluding carboxylic acids is 2. The number of hydrogen-bond acceptors (Lipinski definition) is 2. The van der Waals surface area contributed by atoms with Crippen molar-refractivity contribution in [2.75, 3.05) is 0 Å². The van der Waals surface area contributed by atoms with Crippen molar-refractivity contribution in [2.24, 2.45) is 34.0 Å². The Morgan fingerprint density at radius 2 is 1.84 bits per heavy atom. The summed E-state index contributed by atoms with van der Waals surface area (Å²) >= 11 is 0. The Labute approximate surface area is 151 Å². The van der Waals surface area contributed by atoms with Crippen LogP contribution in [-0.2, 0) is 9.59 Å². The highest BCUT2D eigenvalue weighted by Gasteiger charge is 2.75. The second kappa shape index (κ2) is 5.08. The molecule has 4 atom stereocenters. The monoisotopic (exact) mass is 340 g/mol. The quantitative estimate of drug-likeness (QED) is 0.687. The van der Waals surface area contributed by atoms with Crippen molar-refractivity contribution in [1.82, 2.24) is 0 Å².